The van der Waals surface area contributed by atoms with Crippen molar-refractivity contribution in [3.05, 3.63) is 58.1 Å². The Labute approximate surface area is 156 Å². The van der Waals surface area contributed by atoms with Crippen molar-refractivity contribution in [2.24, 2.45) is 0 Å². The summed E-state index contributed by atoms with van der Waals surface area (Å²) in [6.45, 7) is 8.29. The van der Waals surface area contributed by atoms with E-state index in [2.05, 4.69) is 76.6 Å². The van der Waals surface area contributed by atoms with Crippen molar-refractivity contribution in [3.63, 3.8) is 0 Å². The SMILES string of the molecule is Cc1csc(Nc2nnc3cc(-c4c(C)cccc4C)cc(C)c3n2)n1. The topological polar surface area (TPSA) is 63.6 Å². The molecule has 2 aromatic heterocycles. The van der Waals surface area contributed by atoms with E-state index in [1.165, 1.54) is 28.0 Å². The van der Waals surface area contributed by atoms with Crippen molar-refractivity contribution in [1.29, 1.82) is 0 Å². The molecular weight excluding hydrogens is 342 g/mol. The summed E-state index contributed by atoms with van der Waals surface area (Å²) in [5.41, 5.74) is 8.60. The molecule has 26 heavy (non-hydrogen) atoms. The molecule has 1 N–H and O–H groups in total. The smallest absolute Gasteiger partial charge is 0.249 e. The van der Waals surface area contributed by atoms with Crippen molar-refractivity contribution in [2.45, 2.75) is 27.7 Å². The Hall–Kier alpha value is -2.86. The van der Waals surface area contributed by atoms with Gasteiger partial charge < -0.3 is 0 Å². The number of hydrogen-bond donors (Lipinski definition) is 1. The number of rotatable bonds is 3. The molecule has 0 aliphatic rings. The van der Waals surface area contributed by atoms with E-state index in [4.69, 9.17) is 0 Å². The van der Waals surface area contributed by atoms with Crippen molar-refractivity contribution in [3.8, 4) is 11.1 Å². The Morgan fingerprint density at radius 2 is 1.65 bits per heavy atom. The lowest BCUT2D eigenvalue weighted by Gasteiger charge is -2.12. The highest BCUT2D eigenvalue weighted by molar-refractivity contribution is 7.13. The van der Waals surface area contributed by atoms with E-state index >= 15 is 0 Å². The number of nitrogens with one attached hydrogen (secondary N) is 1. The molecule has 4 rings (SSSR count). The molecule has 0 saturated heterocycles. The van der Waals surface area contributed by atoms with E-state index in [1.807, 2.05) is 12.3 Å². The summed E-state index contributed by atoms with van der Waals surface area (Å²) in [6.07, 6.45) is 0. The van der Waals surface area contributed by atoms with Gasteiger partial charge in [-0.25, -0.2) is 9.97 Å². The van der Waals surface area contributed by atoms with Crippen LogP contribution >= 0.6 is 11.3 Å². The molecule has 5 nitrogen and oxygen atoms in total. The Morgan fingerprint density at radius 3 is 2.35 bits per heavy atom. The highest BCUT2D eigenvalue weighted by atomic mass is 32.1. The summed E-state index contributed by atoms with van der Waals surface area (Å²) >= 11 is 1.53. The summed E-state index contributed by atoms with van der Waals surface area (Å²) in [5.74, 6) is 0.467. The van der Waals surface area contributed by atoms with Gasteiger partial charge in [0.15, 0.2) is 5.13 Å². The first-order valence-corrected chi connectivity index (χ1v) is 9.30. The molecule has 0 atom stereocenters. The molecular formula is C20H19N5S. The zero-order valence-electron chi connectivity index (χ0n) is 15.2. The van der Waals surface area contributed by atoms with Crippen LogP contribution in [0.2, 0.25) is 0 Å². The molecule has 0 spiro atoms. The molecule has 0 unspecified atom stereocenters. The molecule has 0 saturated carbocycles. The number of nitrogens with zero attached hydrogens (tertiary/aromatic N) is 4. The predicted octanol–water partition coefficient (Wildman–Crippen LogP) is 5.13. The van der Waals surface area contributed by atoms with E-state index in [-0.39, 0.29) is 0 Å². The zero-order chi connectivity index (χ0) is 18.3. The summed E-state index contributed by atoms with van der Waals surface area (Å²) in [6, 6.07) is 10.6. The molecule has 0 aliphatic carbocycles. The van der Waals surface area contributed by atoms with E-state index < -0.39 is 0 Å². The lowest BCUT2D eigenvalue weighted by molar-refractivity contribution is 1.02. The van der Waals surface area contributed by atoms with Gasteiger partial charge in [-0.15, -0.1) is 21.5 Å². The van der Waals surface area contributed by atoms with Gasteiger partial charge in [0, 0.05) is 5.38 Å². The highest BCUT2D eigenvalue weighted by Crippen LogP contribution is 2.31. The summed E-state index contributed by atoms with van der Waals surface area (Å²) < 4.78 is 0. The average molecular weight is 361 g/mol. The maximum atomic E-state index is 4.64. The van der Waals surface area contributed by atoms with Gasteiger partial charge in [0.1, 0.15) is 5.52 Å². The Kier molecular flexibility index (Phi) is 4.12. The van der Waals surface area contributed by atoms with Crippen molar-refractivity contribution < 1.29 is 0 Å². The lowest BCUT2D eigenvalue weighted by atomic mass is 9.94. The van der Waals surface area contributed by atoms with Gasteiger partial charge in [-0.2, -0.15) is 0 Å². The van der Waals surface area contributed by atoms with Gasteiger partial charge >= 0.3 is 0 Å². The summed E-state index contributed by atoms with van der Waals surface area (Å²) in [5, 5.41) is 14.5. The number of anilines is 2. The number of aryl methyl sites for hydroxylation is 4. The van der Waals surface area contributed by atoms with Crippen molar-refractivity contribution in [2.75, 3.05) is 5.32 Å². The molecule has 2 aromatic carbocycles. The molecule has 0 radical (unpaired) electrons. The number of hydrogen-bond acceptors (Lipinski definition) is 6. The first-order valence-electron chi connectivity index (χ1n) is 8.42. The van der Waals surface area contributed by atoms with Gasteiger partial charge in [-0.3, -0.25) is 5.32 Å². The van der Waals surface area contributed by atoms with Crippen molar-refractivity contribution >= 4 is 33.5 Å². The quantitative estimate of drug-likeness (QED) is 0.548. The van der Waals surface area contributed by atoms with Crippen LogP contribution < -0.4 is 5.32 Å². The van der Waals surface area contributed by atoms with Crippen LogP contribution in [0, 0.1) is 27.7 Å². The maximum absolute atomic E-state index is 4.64. The second-order valence-corrected chi connectivity index (χ2v) is 7.34. The zero-order valence-corrected chi connectivity index (χ0v) is 16.0. The van der Waals surface area contributed by atoms with Crippen molar-refractivity contribution in [1.82, 2.24) is 20.2 Å². The van der Waals surface area contributed by atoms with Crippen LogP contribution in [-0.4, -0.2) is 20.2 Å². The molecule has 6 heteroatoms. The molecule has 0 bridgehead atoms. The normalized spacial score (nSPS) is 11.1. The fraction of sp³-hybridized carbons (Fsp3) is 0.200. The molecule has 2 heterocycles. The third-order valence-corrected chi connectivity index (χ3v) is 5.23. The average Bonchev–Trinajstić information content (AvgIpc) is 3.00. The fourth-order valence-electron chi connectivity index (χ4n) is 3.19. The lowest BCUT2D eigenvalue weighted by Crippen LogP contribution is -2.01. The fourth-order valence-corrected chi connectivity index (χ4v) is 3.87. The van der Waals surface area contributed by atoms with E-state index in [9.17, 15) is 0 Å². The molecule has 0 fully saturated rings. The van der Waals surface area contributed by atoms with Crippen LogP contribution in [0.1, 0.15) is 22.4 Å². The standard InChI is InChI=1S/C20H19N5S/c1-11-6-5-7-12(2)17(11)15-8-13(3)18-16(9-15)24-25-19(22-18)23-20-21-14(4)10-26-20/h5-10H,1-4H3,(H,21,22,23,25). The van der Waals surface area contributed by atoms with Gasteiger partial charge in [-0.05, 0) is 67.6 Å². The predicted molar refractivity (Wildman–Crippen MR) is 107 cm³/mol. The van der Waals surface area contributed by atoms with Crippen LogP contribution in [0.5, 0.6) is 0 Å². The minimum absolute atomic E-state index is 0.467. The molecule has 4 aromatic rings. The second-order valence-electron chi connectivity index (χ2n) is 6.48. The largest absolute Gasteiger partial charge is 0.299 e. The molecule has 0 aliphatic heterocycles. The van der Waals surface area contributed by atoms with Crippen LogP contribution in [0.4, 0.5) is 11.1 Å². The third kappa shape index (κ3) is 3.04. The molecule has 0 amide bonds. The first kappa shape index (κ1) is 16.6. The highest BCUT2D eigenvalue weighted by Gasteiger charge is 2.11. The molecule has 130 valence electrons. The number of aromatic nitrogens is 4. The Bertz CT molecular complexity index is 1100. The summed E-state index contributed by atoms with van der Waals surface area (Å²) in [7, 11) is 0. The Balaban J connectivity index is 1.78. The minimum Gasteiger partial charge on any atom is -0.299 e. The maximum Gasteiger partial charge on any atom is 0.249 e. The minimum atomic E-state index is 0.467. The monoisotopic (exact) mass is 361 g/mol. The van der Waals surface area contributed by atoms with Gasteiger partial charge in [0.05, 0.1) is 11.2 Å². The van der Waals surface area contributed by atoms with Crippen LogP contribution in [-0.2, 0) is 0 Å². The van der Waals surface area contributed by atoms with Gasteiger partial charge in [0.2, 0.25) is 5.95 Å². The Morgan fingerprint density at radius 1 is 0.885 bits per heavy atom. The van der Waals surface area contributed by atoms with Crippen LogP contribution in [0.25, 0.3) is 22.2 Å². The third-order valence-electron chi connectivity index (χ3n) is 4.36. The number of fused-ring (bicyclic) bond motifs is 1. The van der Waals surface area contributed by atoms with Crippen LogP contribution in [0.15, 0.2) is 35.7 Å². The van der Waals surface area contributed by atoms with Gasteiger partial charge in [-0.1, -0.05) is 18.2 Å². The van der Waals surface area contributed by atoms with E-state index in [0.717, 1.165) is 33.0 Å². The van der Waals surface area contributed by atoms with Crippen LogP contribution in [0.3, 0.4) is 0 Å². The van der Waals surface area contributed by atoms with E-state index in [1.54, 1.807) is 0 Å². The number of benzene rings is 2. The summed E-state index contributed by atoms with van der Waals surface area (Å²) in [4.78, 5) is 9.02. The first-order chi connectivity index (χ1) is 12.5. The number of thiazole rings is 1. The van der Waals surface area contributed by atoms with Gasteiger partial charge in [0.25, 0.3) is 0 Å². The second kappa shape index (κ2) is 6.46. The van der Waals surface area contributed by atoms with E-state index in [0.29, 0.717) is 5.95 Å².